The Kier molecular flexibility index (Phi) is 5.11. The molecule has 0 amide bonds. The van der Waals surface area contributed by atoms with E-state index in [1.807, 2.05) is 0 Å². The van der Waals surface area contributed by atoms with Crippen LogP contribution in [-0.2, 0) is 0 Å². The Bertz CT molecular complexity index is 606. The van der Waals surface area contributed by atoms with Gasteiger partial charge in [0.25, 0.3) is 0 Å². The summed E-state index contributed by atoms with van der Waals surface area (Å²) in [5, 5.41) is 9.04. The summed E-state index contributed by atoms with van der Waals surface area (Å²) < 4.78 is 43.2. The van der Waals surface area contributed by atoms with E-state index in [2.05, 4.69) is 4.74 Å². The molecule has 3 nitrogen and oxygen atoms in total. The van der Waals surface area contributed by atoms with Gasteiger partial charge in [-0.3, -0.25) is 0 Å². The molecule has 2 aromatic carbocycles. The summed E-state index contributed by atoms with van der Waals surface area (Å²) in [4.78, 5) is 11.6. The molecule has 2 aromatic rings. The maximum absolute atomic E-state index is 12.9. The number of phenols is 1. The number of rotatable bonds is 2. The van der Waals surface area contributed by atoms with Gasteiger partial charge in [0, 0.05) is 12.1 Å². The summed E-state index contributed by atoms with van der Waals surface area (Å²) in [6, 6.07) is 6.18. The summed E-state index contributed by atoms with van der Waals surface area (Å²) in [6.45, 7) is 0. The van der Waals surface area contributed by atoms with Crippen molar-refractivity contribution in [2.45, 2.75) is 0 Å². The molecule has 0 spiro atoms. The maximum atomic E-state index is 12.9. The zero-order chi connectivity index (χ0) is 14.0. The molecule has 0 aromatic heterocycles. The number of hydrogen-bond donors (Lipinski definition) is 1. The molecule has 0 saturated heterocycles. The second kappa shape index (κ2) is 6.39. The van der Waals surface area contributed by atoms with Crippen LogP contribution in [0.1, 0.15) is 10.4 Å². The molecular formula is C13H10F3O3P. The number of aromatic hydroxyl groups is 1. The fourth-order valence-corrected chi connectivity index (χ4v) is 1.35. The molecule has 0 fully saturated rings. The van der Waals surface area contributed by atoms with Gasteiger partial charge in [0.05, 0.1) is 5.56 Å². The Morgan fingerprint density at radius 3 is 2.00 bits per heavy atom. The Hall–Kier alpha value is -2.07. The predicted molar refractivity (Wildman–Crippen MR) is 70.5 cm³/mol. The van der Waals surface area contributed by atoms with Crippen molar-refractivity contribution < 1.29 is 27.8 Å². The third-order valence-corrected chi connectivity index (χ3v) is 2.27. The molecule has 0 aliphatic heterocycles. The molecule has 0 aliphatic rings. The van der Waals surface area contributed by atoms with Gasteiger partial charge in [0.1, 0.15) is 11.5 Å². The zero-order valence-electron chi connectivity index (χ0n) is 10.1. The molecular weight excluding hydrogens is 292 g/mol. The Morgan fingerprint density at radius 2 is 1.50 bits per heavy atom. The molecule has 20 heavy (non-hydrogen) atoms. The molecule has 106 valence electrons. The first-order valence-corrected chi connectivity index (χ1v) is 5.13. The summed E-state index contributed by atoms with van der Waals surface area (Å²) in [5.74, 6) is -5.92. The topological polar surface area (TPSA) is 46.5 Å². The highest BCUT2D eigenvalue weighted by atomic mass is 31.0. The SMILES string of the molecule is O=C(Oc1cc(F)c(F)c(F)c1)c1ccc(O)cc1.P. The average molecular weight is 302 g/mol. The van der Waals surface area contributed by atoms with Crippen molar-refractivity contribution in [1.82, 2.24) is 0 Å². The number of hydrogen-bond acceptors (Lipinski definition) is 3. The smallest absolute Gasteiger partial charge is 0.343 e. The molecule has 1 N–H and O–H groups in total. The Labute approximate surface area is 115 Å². The van der Waals surface area contributed by atoms with E-state index in [0.717, 1.165) is 0 Å². The van der Waals surface area contributed by atoms with Gasteiger partial charge in [-0.2, -0.15) is 9.90 Å². The third kappa shape index (κ3) is 3.48. The lowest BCUT2D eigenvalue weighted by molar-refractivity contribution is 0.0733. The first-order chi connectivity index (χ1) is 8.97. The van der Waals surface area contributed by atoms with E-state index in [0.29, 0.717) is 12.1 Å². The van der Waals surface area contributed by atoms with Crippen molar-refractivity contribution in [3.63, 3.8) is 0 Å². The van der Waals surface area contributed by atoms with Crippen LogP contribution >= 0.6 is 9.90 Å². The van der Waals surface area contributed by atoms with Crippen LogP contribution in [0.25, 0.3) is 0 Å². The standard InChI is InChI=1S/C13H7F3O3.H3P/c14-10-5-9(6-11(15)12(10)16)19-13(18)7-1-3-8(17)4-2-7;/h1-6,17H;1H3. The number of carbonyl (C=O) groups excluding carboxylic acids is 1. The summed E-state index contributed by atoms with van der Waals surface area (Å²) in [5.41, 5.74) is 0.0722. The monoisotopic (exact) mass is 302 g/mol. The summed E-state index contributed by atoms with van der Waals surface area (Å²) >= 11 is 0. The van der Waals surface area contributed by atoms with Gasteiger partial charge in [0.15, 0.2) is 17.5 Å². The van der Waals surface area contributed by atoms with Crippen molar-refractivity contribution in [2.75, 3.05) is 0 Å². The number of carbonyl (C=O) groups is 1. The first-order valence-electron chi connectivity index (χ1n) is 5.13. The van der Waals surface area contributed by atoms with Crippen LogP contribution in [0.4, 0.5) is 13.2 Å². The number of esters is 1. The molecule has 1 unspecified atom stereocenters. The number of ether oxygens (including phenoxy) is 1. The van der Waals surface area contributed by atoms with E-state index in [-0.39, 0.29) is 21.2 Å². The zero-order valence-corrected chi connectivity index (χ0v) is 11.5. The van der Waals surface area contributed by atoms with Crippen molar-refractivity contribution in [3.8, 4) is 11.5 Å². The second-order valence-electron chi connectivity index (χ2n) is 3.64. The molecule has 0 saturated carbocycles. The van der Waals surface area contributed by atoms with Crippen LogP contribution in [0.15, 0.2) is 36.4 Å². The Balaban J connectivity index is 0.00000200. The van der Waals surface area contributed by atoms with Crippen LogP contribution < -0.4 is 4.74 Å². The number of halogens is 3. The highest BCUT2D eigenvalue weighted by Crippen LogP contribution is 2.20. The fourth-order valence-electron chi connectivity index (χ4n) is 1.35. The molecule has 0 bridgehead atoms. The fraction of sp³-hybridized carbons (Fsp3) is 0. The molecule has 7 heteroatoms. The minimum absolute atomic E-state index is 0. The Morgan fingerprint density at radius 1 is 1.00 bits per heavy atom. The van der Waals surface area contributed by atoms with Gasteiger partial charge in [-0.25, -0.2) is 18.0 Å². The van der Waals surface area contributed by atoms with Gasteiger partial charge in [-0.15, -0.1) is 0 Å². The van der Waals surface area contributed by atoms with E-state index >= 15 is 0 Å². The highest BCUT2D eigenvalue weighted by molar-refractivity contribution is 6.92. The molecule has 0 radical (unpaired) electrons. The molecule has 0 aliphatic carbocycles. The molecule has 0 heterocycles. The van der Waals surface area contributed by atoms with Gasteiger partial charge < -0.3 is 9.84 Å². The average Bonchev–Trinajstić information content (AvgIpc) is 2.36. The van der Waals surface area contributed by atoms with E-state index in [4.69, 9.17) is 5.11 Å². The van der Waals surface area contributed by atoms with E-state index in [9.17, 15) is 18.0 Å². The predicted octanol–water partition coefficient (Wildman–Crippen LogP) is 3.09. The van der Waals surface area contributed by atoms with Crippen LogP contribution in [0.2, 0.25) is 0 Å². The summed E-state index contributed by atoms with van der Waals surface area (Å²) in [7, 11) is 0. The first kappa shape index (κ1) is 16.0. The maximum Gasteiger partial charge on any atom is 0.343 e. The van der Waals surface area contributed by atoms with Gasteiger partial charge in [-0.05, 0) is 24.3 Å². The van der Waals surface area contributed by atoms with Crippen molar-refractivity contribution in [3.05, 3.63) is 59.4 Å². The second-order valence-corrected chi connectivity index (χ2v) is 3.64. The van der Waals surface area contributed by atoms with Crippen molar-refractivity contribution >= 4 is 15.9 Å². The third-order valence-electron chi connectivity index (χ3n) is 2.27. The van der Waals surface area contributed by atoms with Crippen LogP contribution in [0.5, 0.6) is 11.5 Å². The number of benzene rings is 2. The van der Waals surface area contributed by atoms with Gasteiger partial charge in [-0.1, -0.05) is 0 Å². The minimum atomic E-state index is -1.63. The normalized spacial score (nSPS) is 9.75. The van der Waals surface area contributed by atoms with E-state index in [1.54, 1.807) is 0 Å². The van der Waals surface area contributed by atoms with E-state index in [1.165, 1.54) is 24.3 Å². The summed E-state index contributed by atoms with van der Waals surface area (Å²) in [6.07, 6.45) is 0. The van der Waals surface area contributed by atoms with E-state index < -0.39 is 29.2 Å². The van der Waals surface area contributed by atoms with Crippen molar-refractivity contribution in [1.29, 1.82) is 0 Å². The quantitative estimate of drug-likeness (QED) is 0.401. The lowest BCUT2D eigenvalue weighted by Crippen LogP contribution is -2.09. The number of phenolic OH excluding ortho intramolecular Hbond substituents is 1. The van der Waals surface area contributed by atoms with Gasteiger partial charge in [0.2, 0.25) is 0 Å². The van der Waals surface area contributed by atoms with Crippen LogP contribution in [-0.4, -0.2) is 11.1 Å². The largest absolute Gasteiger partial charge is 0.508 e. The minimum Gasteiger partial charge on any atom is -0.508 e. The highest BCUT2D eigenvalue weighted by Gasteiger charge is 2.14. The lowest BCUT2D eigenvalue weighted by Gasteiger charge is -2.05. The van der Waals surface area contributed by atoms with Gasteiger partial charge >= 0.3 is 5.97 Å². The van der Waals surface area contributed by atoms with Crippen molar-refractivity contribution in [2.24, 2.45) is 0 Å². The molecule has 1 atom stereocenters. The van der Waals surface area contributed by atoms with Crippen LogP contribution in [0, 0.1) is 17.5 Å². The molecule has 2 rings (SSSR count). The van der Waals surface area contributed by atoms with Crippen LogP contribution in [0.3, 0.4) is 0 Å². The lowest BCUT2D eigenvalue weighted by atomic mass is 10.2.